The normalized spacial score (nSPS) is 10.7. The molecule has 0 aliphatic heterocycles. The molecule has 0 aromatic heterocycles. The Labute approximate surface area is 101 Å². The fourth-order valence-electron chi connectivity index (χ4n) is 1.33. The van der Waals surface area contributed by atoms with Gasteiger partial charge in [0, 0.05) is 5.54 Å². The van der Waals surface area contributed by atoms with Crippen molar-refractivity contribution in [3.05, 3.63) is 35.4 Å². The van der Waals surface area contributed by atoms with E-state index < -0.39 is 0 Å². The van der Waals surface area contributed by atoms with Gasteiger partial charge in [-0.1, -0.05) is 17.7 Å². The van der Waals surface area contributed by atoms with Crippen molar-refractivity contribution < 1.29 is 9.47 Å². The predicted octanol–water partition coefficient (Wildman–Crippen LogP) is 2.33. The highest BCUT2D eigenvalue weighted by Gasteiger charge is 2.04. The number of methoxy groups -OCH3 is 1. The quantitative estimate of drug-likeness (QED) is 0.832. The highest BCUT2D eigenvalue weighted by atomic mass is 35.5. The predicted molar refractivity (Wildman–Crippen MR) is 66.2 cm³/mol. The second kappa shape index (κ2) is 7.14. The third-order valence-corrected chi connectivity index (χ3v) is 2.26. The summed E-state index contributed by atoms with van der Waals surface area (Å²) < 4.78 is 10.7. The van der Waals surface area contributed by atoms with Crippen LogP contribution in [0.4, 0.5) is 0 Å². The largest absolute Gasteiger partial charge is 0.493 e. The molecule has 0 radical (unpaired) electrons. The fraction of sp³-hybridized carbons (Fsp3) is 0.333. The lowest BCUT2D eigenvalue weighted by Crippen LogP contribution is -2.03. The monoisotopic (exact) mass is 241 g/mol. The summed E-state index contributed by atoms with van der Waals surface area (Å²) in [5.74, 6) is 1.42. The maximum Gasteiger partial charge on any atom is 0.161 e. The molecule has 1 rings (SSSR count). The van der Waals surface area contributed by atoms with Gasteiger partial charge in [-0.3, -0.25) is 0 Å². The molecule has 0 saturated heterocycles. The zero-order valence-electron chi connectivity index (χ0n) is 9.28. The Bertz CT molecular complexity index is 353. The molecular weight excluding hydrogens is 226 g/mol. The molecule has 0 heterocycles. The topological polar surface area (TPSA) is 44.5 Å². The first-order valence-corrected chi connectivity index (χ1v) is 5.50. The first-order chi connectivity index (χ1) is 7.81. The highest BCUT2D eigenvalue weighted by molar-refractivity contribution is 6.25. The van der Waals surface area contributed by atoms with Crippen molar-refractivity contribution in [2.75, 3.05) is 20.3 Å². The van der Waals surface area contributed by atoms with Crippen LogP contribution in [0.2, 0.25) is 0 Å². The minimum Gasteiger partial charge on any atom is -0.493 e. The summed E-state index contributed by atoms with van der Waals surface area (Å²) in [5, 5.41) is 0. The highest BCUT2D eigenvalue weighted by Crippen LogP contribution is 2.28. The molecule has 16 heavy (non-hydrogen) atoms. The van der Waals surface area contributed by atoms with Gasteiger partial charge in [0.2, 0.25) is 0 Å². The molecule has 1 aromatic rings. The van der Waals surface area contributed by atoms with Crippen molar-refractivity contribution in [2.45, 2.75) is 6.42 Å². The number of hydrogen-bond donors (Lipinski definition) is 1. The van der Waals surface area contributed by atoms with E-state index >= 15 is 0 Å². The van der Waals surface area contributed by atoms with Gasteiger partial charge in [-0.2, -0.15) is 0 Å². The molecule has 0 unspecified atom stereocenters. The standard InChI is InChI=1S/C12H16ClNO2/c1-15-12-9-10(5-7-14)3-4-11(12)16-8-2-6-13/h2-4,6,9H,5,7-8,14H2,1H3/b6-2+. The lowest BCUT2D eigenvalue weighted by atomic mass is 10.1. The van der Waals surface area contributed by atoms with Crippen molar-refractivity contribution in [3.8, 4) is 11.5 Å². The number of benzene rings is 1. The van der Waals surface area contributed by atoms with Crippen LogP contribution in [0.25, 0.3) is 0 Å². The summed E-state index contributed by atoms with van der Waals surface area (Å²) in [6.07, 6.45) is 2.55. The van der Waals surface area contributed by atoms with Crippen LogP contribution in [0.3, 0.4) is 0 Å². The molecule has 0 fully saturated rings. The van der Waals surface area contributed by atoms with Crippen molar-refractivity contribution in [3.63, 3.8) is 0 Å². The van der Waals surface area contributed by atoms with E-state index in [4.69, 9.17) is 26.8 Å². The molecule has 0 aliphatic rings. The van der Waals surface area contributed by atoms with Gasteiger partial charge < -0.3 is 15.2 Å². The van der Waals surface area contributed by atoms with E-state index in [2.05, 4.69) is 0 Å². The third-order valence-electron chi connectivity index (χ3n) is 2.09. The minimum atomic E-state index is 0.427. The molecule has 88 valence electrons. The lowest BCUT2D eigenvalue weighted by molar-refractivity contribution is 0.326. The average molecular weight is 242 g/mol. The van der Waals surface area contributed by atoms with Crippen LogP contribution in [-0.2, 0) is 6.42 Å². The second-order valence-corrected chi connectivity index (χ2v) is 3.45. The van der Waals surface area contributed by atoms with Gasteiger partial charge in [0.15, 0.2) is 11.5 Å². The Kier molecular flexibility index (Phi) is 5.75. The van der Waals surface area contributed by atoms with Gasteiger partial charge in [-0.05, 0) is 36.7 Å². The van der Waals surface area contributed by atoms with Gasteiger partial charge in [0.05, 0.1) is 7.11 Å². The lowest BCUT2D eigenvalue weighted by Gasteiger charge is -2.10. The Morgan fingerprint density at radius 3 is 2.81 bits per heavy atom. The molecular formula is C12H16ClNO2. The van der Waals surface area contributed by atoms with Crippen LogP contribution in [-0.4, -0.2) is 20.3 Å². The van der Waals surface area contributed by atoms with Crippen molar-refractivity contribution in [1.29, 1.82) is 0 Å². The number of halogens is 1. The number of rotatable bonds is 6. The van der Waals surface area contributed by atoms with Crippen LogP contribution in [0.5, 0.6) is 11.5 Å². The summed E-state index contributed by atoms with van der Waals surface area (Å²) in [6.45, 7) is 1.05. The van der Waals surface area contributed by atoms with E-state index in [1.165, 1.54) is 5.54 Å². The van der Waals surface area contributed by atoms with Crippen LogP contribution in [0.15, 0.2) is 29.8 Å². The molecule has 0 atom stereocenters. The van der Waals surface area contributed by atoms with Gasteiger partial charge in [0.1, 0.15) is 6.61 Å². The summed E-state index contributed by atoms with van der Waals surface area (Å²) in [5.41, 5.74) is 8.06. The zero-order valence-corrected chi connectivity index (χ0v) is 10.0. The molecule has 2 N–H and O–H groups in total. The minimum absolute atomic E-state index is 0.427. The zero-order chi connectivity index (χ0) is 11.8. The Morgan fingerprint density at radius 2 is 2.19 bits per heavy atom. The SMILES string of the molecule is COc1cc(CCN)ccc1OC/C=C/Cl. The first-order valence-electron chi connectivity index (χ1n) is 5.06. The van der Waals surface area contributed by atoms with Crippen molar-refractivity contribution in [2.24, 2.45) is 5.73 Å². The van der Waals surface area contributed by atoms with Crippen molar-refractivity contribution in [1.82, 2.24) is 0 Å². The molecule has 0 spiro atoms. The third kappa shape index (κ3) is 3.76. The van der Waals surface area contributed by atoms with E-state index in [0.29, 0.717) is 24.7 Å². The summed E-state index contributed by atoms with van der Waals surface area (Å²) in [6, 6.07) is 5.80. The Hall–Kier alpha value is -1.19. The second-order valence-electron chi connectivity index (χ2n) is 3.20. The summed E-state index contributed by atoms with van der Waals surface area (Å²) >= 11 is 5.40. The fourth-order valence-corrected chi connectivity index (χ4v) is 1.40. The Morgan fingerprint density at radius 1 is 1.38 bits per heavy atom. The Balaban J connectivity index is 2.75. The summed E-state index contributed by atoms with van der Waals surface area (Å²) in [7, 11) is 1.62. The summed E-state index contributed by atoms with van der Waals surface area (Å²) in [4.78, 5) is 0. The van der Waals surface area contributed by atoms with Gasteiger partial charge in [0.25, 0.3) is 0 Å². The van der Waals surface area contributed by atoms with Crippen LogP contribution in [0, 0.1) is 0 Å². The van der Waals surface area contributed by atoms with E-state index in [1.54, 1.807) is 13.2 Å². The smallest absolute Gasteiger partial charge is 0.161 e. The average Bonchev–Trinajstić information content (AvgIpc) is 2.31. The number of hydrogen-bond acceptors (Lipinski definition) is 3. The number of ether oxygens (including phenoxy) is 2. The van der Waals surface area contributed by atoms with Gasteiger partial charge in [-0.25, -0.2) is 0 Å². The molecule has 0 amide bonds. The molecule has 3 nitrogen and oxygen atoms in total. The van der Waals surface area contributed by atoms with Crippen molar-refractivity contribution >= 4 is 11.6 Å². The van der Waals surface area contributed by atoms with Crippen LogP contribution in [0.1, 0.15) is 5.56 Å². The maximum atomic E-state index is 5.49. The molecule has 0 aliphatic carbocycles. The van der Waals surface area contributed by atoms with Gasteiger partial charge >= 0.3 is 0 Å². The maximum absolute atomic E-state index is 5.49. The molecule has 4 heteroatoms. The van der Waals surface area contributed by atoms with E-state index in [-0.39, 0.29) is 0 Å². The molecule has 0 saturated carbocycles. The first kappa shape index (κ1) is 12.9. The molecule has 1 aromatic carbocycles. The van der Waals surface area contributed by atoms with E-state index in [9.17, 15) is 0 Å². The van der Waals surface area contributed by atoms with Crippen LogP contribution < -0.4 is 15.2 Å². The molecule has 0 bridgehead atoms. The van der Waals surface area contributed by atoms with Gasteiger partial charge in [-0.15, -0.1) is 0 Å². The number of nitrogens with two attached hydrogens (primary N) is 1. The van der Waals surface area contributed by atoms with Crippen LogP contribution >= 0.6 is 11.6 Å². The van der Waals surface area contributed by atoms with E-state index in [0.717, 1.165) is 12.0 Å². The van der Waals surface area contributed by atoms with E-state index in [1.807, 2.05) is 18.2 Å².